The van der Waals surface area contributed by atoms with Crippen molar-refractivity contribution in [3.8, 4) is 5.75 Å². The van der Waals surface area contributed by atoms with Gasteiger partial charge in [0.25, 0.3) is 0 Å². The number of esters is 1. The third kappa shape index (κ3) is 5.82. The molecule has 0 saturated heterocycles. The molecule has 7 heteroatoms. The van der Waals surface area contributed by atoms with E-state index in [1.165, 1.54) is 13.0 Å². The summed E-state index contributed by atoms with van der Waals surface area (Å²) >= 11 is 0. The Morgan fingerprint density at radius 3 is 2.62 bits per heavy atom. The lowest BCUT2D eigenvalue weighted by Gasteiger charge is -2.34. The number of benzene rings is 1. The van der Waals surface area contributed by atoms with E-state index in [1.807, 2.05) is 30.1 Å². The summed E-state index contributed by atoms with van der Waals surface area (Å²) in [5, 5.41) is 0.905. The largest absolute Gasteiger partial charge is 0.494 e. The summed E-state index contributed by atoms with van der Waals surface area (Å²) in [6.07, 6.45) is 4.37. The Labute approximate surface area is 170 Å². The van der Waals surface area contributed by atoms with Crippen LogP contribution < -0.4 is 10.3 Å². The average molecular weight is 400 g/mol. The van der Waals surface area contributed by atoms with Crippen LogP contribution in [0.1, 0.15) is 45.4 Å². The van der Waals surface area contributed by atoms with Crippen LogP contribution in [0, 0.1) is 0 Å². The first kappa shape index (κ1) is 20.9. The van der Waals surface area contributed by atoms with Crippen LogP contribution in [0.2, 0.25) is 0 Å². The minimum atomic E-state index is -0.238. The fourth-order valence-electron chi connectivity index (χ4n) is 3.80. The van der Waals surface area contributed by atoms with Gasteiger partial charge in [-0.1, -0.05) is 0 Å². The van der Waals surface area contributed by atoms with E-state index in [1.54, 1.807) is 6.07 Å². The highest BCUT2D eigenvalue weighted by Gasteiger charge is 2.27. The molecule has 1 heterocycles. The Balaban J connectivity index is 1.40. The van der Waals surface area contributed by atoms with Crippen LogP contribution in [0.25, 0.3) is 10.9 Å². The van der Waals surface area contributed by atoms with Gasteiger partial charge in [-0.15, -0.1) is 0 Å². The lowest BCUT2D eigenvalue weighted by molar-refractivity contribution is -0.149. The van der Waals surface area contributed by atoms with Gasteiger partial charge < -0.3 is 19.4 Å². The number of ether oxygens (including phenoxy) is 2. The number of carbonyl (C=O) groups is 2. The summed E-state index contributed by atoms with van der Waals surface area (Å²) in [5.41, 5.74) is 0.638. The van der Waals surface area contributed by atoms with Crippen LogP contribution in [0.3, 0.4) is 0 Å². The Morgan fingerprint density at radius 2 is 1.90 bits per heavy atom. The van der Waals surface area contributed by atoms with Crippen LogP contribution in [0.15, 0.2) is 35.1 Å². The van der Waals surface area contributed by atoms with E-state index in [2.05, 4.69) is 4.98 Å². The molecule has 1 amide bonds. The molecular weight excluding hydrogens is 372 g/mol. The highest BCUT2D eigenvalue weighted by molar-refractivity contribution is 5.79. The van der Waals surface area contributed by atoms with Gasteiger partial charge in [-0.05, 0) is 56.4 Å². The minimum Gasteiger partial charge on any atom is -0.494 e. The minimum absolute atomic E-state index is 0.0135. The van der Waals surface area contributed by atoms with Crippen LogP contribution in [0.5, 0.6) is 5.75 Å². The zero-order chi connectivity index (χ0) is 20.8. The molecule has 29 heavy (non-hydrogen) atoms. The molecule has 0 spiro atoms. The van der Waals surface area contributed by atoms with Crippen molar-refractivity contribution in [2.75, 3.05) is 13.7 Å². The molecule has 0 atom stereocenters. The first-order valence-electron chi connectivity index (χ1n) is 10.1. The van der Waals surface area contributed by atoms with Crippen LogP contribution >= 0.6 is 0 Å². The first-order chi connectivity index (χ1) is 13.9. The number of carbonyl (C=O) groups excluding carboxylic acids is 2. The van der Waals surface area contributed by atoms with E-state index in [4.69, 9.17) is 9.47 Å². The summed E-state index contributed by atoms with van der Waals surface area (Å²) in [5.74, 6) is 0.590. The van der Waals surface area contributed by atoms with Gasteiger partial charge in [-0.2, -0.15) is 0 Å². The molecule has 1 fully saturated rings. The van der Waals surface area contributed by atoms with E-state index in [9.17, 15) is 14.4 Å². The van der Waals surface area contributed by atoms with Crippen molar-refractivity contribution in [2.45, 2.75) is 57.6 Å². The maximum Gasteiger partial charge on any atom is 0.302 e. The number of fused-ring (bicyclic) bond motifs is 1. The number of hydrogen-bond acceptors (Lipinski definition) is 5. The van der Waals surface area contributed by atoms with Gasteiger partial charge in [0, 0.05) is 43.4 Å². The van der Waals surface area contributed by atoms with Crippen LogP contribution in [-0.2, 0) is 14.3 Å². The summed E-state index contributed by atoms with van der Waals surface area (Å²) in [7, 11) is 1.85. The van der Waals surface area contributed by atoms with Crippen molar-refractivity contribution < 1.29 is 19.1 Å². The lowest BCUT2D eigenvalue weighted by atomic mass is 9.92. The lowest BCUT2D eigenvalue weighted by Crippen LogP contribution is -2.41. The predicted octanol–water partition coefficient (Wildman–Crippen LogP) is 3.02. The van der Waals surface area contributed by atoms with Crippen LogP contribution in [-0.4, -0.2) is 47.6 Å². The molecule has 1 aromatic carbocycles. The molecule has 7 nitrogen and oxygen atoms in total. The zero-order valence-electron chi connectivity index (χ0n) is 17.0. The molecule has 1 aromatic heterocycles. The van der Waals surface area contributed by atoms with E-state index in [-0.39, 0.29) is 29.6 Å². The van der Waals surface area contributed by atoms with Gasteiger partial charge in [0.2, 0.25) is 11.5 Å². The fourth-order valence-corrected chi connectivity index (χ4v) is 3.80. The smallest absolute Gasteiger partial charge is 0.302 e. The van der Waals surface area contributed by atoms with E-state index in [0.29, 0.717) is 25.2 Å². The van der Waals surface area contributed by atoms with Crippen LogP contribution in [0.4, 0.5) is 0 Å². The first-order valence-corrected chi connectivity index (χ1v) is 10.1. The van der Waals surface area contributed by atoms with Gasteiger partial charge in [0.1, 0.15) is 11.9 Å². The van der Waals surface area contributed by atoms with Gasteiger partial charge >= 0.3 is 5.97 Å². The quantitative estimate of drug-likeness (QED) is 0.570. The second kappa shape index (κ2) is 9.58. The normalized spacial score (nSPS) is 19.0. The Bertz CT molecular complexity index is 915. The van der Waals surface area contributed by atoms with Gasteiger partial charge in [0.15, 0.2) is 0 Å². The summed E-state index contributed by atoms with van der Waals surface area (Å²) in [6, 6.07) is 8.96. The number of hydrogen-bond donors (Lipinski definition) is 1. The molecule has 0 aliphatic heterocycles. The number of rotatable bonds is 7. The number of aromatic amines is 1. The monoisotopic (exact) mass is 400 g/mol. The molecule has 1 aliphatic carbocycles. The molecule has 0 unspecified atom stereocenters. The topological polar surface area (TPSA) is 88.7 Å². The highest BCUT2D eigenvalue weighted by Crippen LogP contribution is 2.25. The molecule has 1 aliphatic rings. The van der Waals surface area contributed by atoms with Crippen molar-refractivity contribution in [1.29, 1.82) is 0 Å². The van der Waals surface area contributed by atoms with Crippen molar-refractivity contribution in [2.24, 2.45) is 0 Å². The number of aromatic nitrogens is 1. The Kier molecular flexibility index (Phi) is 6.90. The summed E-state index contributed by atoms with van der Waals surface area (Å²) < 4.78 is 11.0. The third-order valence-corrected chi connectivity index (χ3v) is 5.42. The number of nitrogens with one attached hydrogen (secondary N) is 1. The second-order valence-corrected chi connectivity index (χ2v) is 7.57. The second-order valence-electron chi connectivity index (χ2n) is 7.57. The fraction of sp³-hybridized carbons (Fsp3) is 0.500. The number of pyridine rings is 1. The molecule has 2 aromatic rings. The molecule has 0 bridgehead atoms. The number of nitrogens with zero attached hydrogens (tertiary/aromatic N) is 1. The molecule has 3 rings (SSSR count). The zero-order valence-corrected chi connectivity index (χ0v) is 17.0. The molecule has 1 saturated carbocycles. The van der Waals surface area contributed by atoms with E-state index < -0.39 is 0 Å². The van der Waals surface area contributed by atoms with Crippen molar-refractivity contribution in [1.82, 2.24) is 9.88 Å². The Hall–Kier alpha value is -2.83. The molecule has 0 radical (unpaired) electrons. The highest BCUT2D eigenvalue weighted by atomic mass is 16.5. The van der Waals surface area contributed by atoms with Gasteiger partial charge in [-0.3, -0.25) is 14.4 Å². The number of H-pyrrole nitrogens is 1. The SMILES string of the molecule is CC(=O)OC1CCC(N(C)C(=O)CCCOc2ccc3[nH]c(=O)ccc3c2)CC1. The van der Waals surface area contributed by atoms with E-state index in [0.717, 1.165) is 36.6 Å². The molecule has 1 N–H and O–H groups in total. The van der Waals surface area contributed by atoms with Gasteiger partial charge in [0.05, 0.1) is 6.61 Å². The maximum absolute atomic E-state index is 12.5. The molecule has 156 valence electrons. The average Bonchev–Trinajstić information content (AvgIpc) is 2.70. The summed E-state index contributed by atoms with van der Waals surface area (Å²) in [6.45, 7) is 1.89. The van der Waals surface area contributed by atoms with Gasteiger partial charge in [-0.25, -0.2) is 0 Å². The predicted molar refractivity (Wildman–Crippen MR) is 110 cm³/mol. The van der Waals surface area contributed by atoms with Crippen molar-refractivity contribution in [3.63, 3.8) is 0 Å². The van der Waals surface area contributed by atoms with Crippen molar-refractivity contribution >= 4 is 22.8 Å². The maximum atomic E-state index is 12.5. The van der Waals surface area contributed by atoms with E-state index >= 15 is 0 Å². The standard InChI is InChI=1S/C22H28N2O5/c1-15(25)29-18-8-6-17(7-9-18)24(2)22(27)4-3-13-28-19-10-11-20-16(14-19)5-12-21(26)23-20/h5,10-12,14,17-18H,3-4,6-9,13H2,1-2H3,(H,23,26). The summed E-state index contributed by atoms with van der Waals surface area (Å²) in [4.78, 5) is 39.4. The Morgan fingerprint density at radius 1 is 1.14 bits per heavy atom. The molecular formula is C22H28N2O5. The van der Waals surface area contributed by atoms with Crippen molar-refractivity contribution in [3.05, 3.63) is 40.7 Å². The number of amides is 1. The third-order valence-electron chi connectivity index (χ3n) is 5.42.